The van der Waals surface area contributed by atoms with E-state index in [1.54, 1.807) is 13.8 Å². The number of nitrogens with one attached hydrogen (secondary N) is 2. The first kappa shape index (κ1) is 17.2. The number of H-pyrrole nitrogens is 1. The summed E-state index contributed by atoms with van der Waals surface area (Å²) < 4.78 is 0. The van der Waals surface area contributed by atoms with Gasteiger partial charge in [-0.2, -0.15) is 5.26 Å². The number of nitrogens with two attached hydrogens (primary N) is 1. The topological polar surface area (TPSA) is 112 Å². The summed E-state index contributed by atoms with van der Waals surface area (Å²) in [5.74, 6) is 0.423. The Kier molecular flexibility index (Phi) is 4.90. The number of pyridine rings is 1. The fraction of sp³-hybridized carbons (Fsp3) is 0.588. The minimum absolute atomic E-state index is 0.0478. The number of amides is 1. The minimum atomic E-state index is -0.375. The second-order valence-corrected chi connectivity index (χ2v) is 6.61. The van der Waals surface area contributed by atoms with Gasteiger partial charge in [-0.05, 0) is 57.1 Å². The van der Waals surface area contributed by atoms with Crippen LogP contribution in [0.4, 0.5) is 0 Å². The highest BCUT2D eigenvalue weighted by Gasteiger charge is 2.41. The molecule has 1 heterocycles. The molecular weight excluding hydrogens is 292 g/mol. The lowest BCUT2D eigenvalue weighted by molar-refractivity contribution is -0.123. The van der Waals surface area contributed by atoms with E-state index in [2.05, 4.69) is 10.3 Å². The smallest absolute Gasteiger partial charge is 0.266 e. The van der Waals surface area contributed by atoms with Crippen LogP contribution in [0.1, 0.15) is 48.6 Å². The van der Waals surface area contributed by atoms with Gasteiger partial charge < -0.3 is 16.0 Å². The molecule has 1 fully saturated rings. The lowest BCUT2D eigenvalue weighted by atomic mass is 9.95. The van der Waals surface area contributed by atoms with Crippen LogP contribution in [0.2, 0.25) is 0 Å². The van der Waals surface area contributed by atoms with E-state index in [1.165, 1.54) is 0 Å². The number of nitrogens with zero attached hydrogens (tertiary/aromatic N) is 1. The molecule has 1 unspecified atom stereocenters. The van der Waals surface area contributed by atoms with Gasteiger partial charge in [0.25, 0.3) is 5.56 Å². The standard InChI is InChI=1S/C17H24N4O2/c1-10-13(11(2)20-16(23)14(10)8-18)6-7-15(22)21-17(3,9-19)12-4-5-12/h12H,4-7,9,19H2,1-3H3,(H,20,23)(H,21,22). The van der Waals surface area contributed by atoms with Crippen LogP contribution in [0.25, 0.3) is 0 Å². The van der Waals surface area contributed by atoms with Crippen LogP contribution < -0.4 is 16.6 Å². The Morgan fingerprint density at radius 3 is 2.65 bits per heavy atom. The predicted octanol–water partition coefficient (Wildman–Crippen LogP) is 1.04. The molecule has 23 heavy (non-hydrogen) atoms. The first-order valence-electron chi connectivity index (χ1n) is 7.96. The number of aromatic nitrogens is 1. The molecule has 6 heteroatoms. The van der Waals surface area contributed by atoms with E-state index < -0.39 is 0 Å². The van der Waals surface area contributed by atoms with Crippen molar-refractivity contribution in [3.05, 3.63) is 32.7 Å². The fourth-order valence-electron chi connectivity index (χ4n) is 3.08. The SMILES string of the molecule is Cc1[nH]c(=O)c(C#N)c(C)c1CCC(=O)NC(C)(CN)C1CC1. The number of carbonyl (C=O) groups is 1. The second-order valence-electron chi connectivity index (χ2n) is 6.61. The summed E-state index contributed by atoms with van der Waals surface area (Å²) in [6, 6.07) is 1.93. The molecule has 1 aliphatic rings. The van der Waals surface area contributed by atoms with Crippen LogP contribution in [0.3, 0.4) is 0 Å². The van der Waals surface area contributed by atoms with Gasteiger partial charge in [0.2, 0.25) is 5.91 Å². The van der Waals surface area contributed by atoms with Crippen LogP contribution in [0.5, 0.6) is 0 Å². The second kappa shape index (κ2) is 6.55. The molecule has 1 atom stereocenters. The normalized spacial score (nSPS) is 16.5. The van der Waals surface area contributed by atoms with Crippen molar-refractivity contribution >= 4 is 5.91 Å². The summed E-state index contributed by atoms with van der Waals surface area (Å²) in [6.45, 7) is 5.96. The molecule has 0 spiro atoms. The molecule has 1 aliphatic carbocycles. The molecule has 1 aromatic heterocycles. The van der Waals surface area contributed by atoms with Gasteiger partial charge in [-0.1, -0.05) is 0 Å². The van der Waals surface area contributed by atoms with Crippen molar-refractivity contribution in [1.82, 2.24) is 10.3 Å². The Morgan fingerprint density at radius 2 is 2.13 bits per heavy atom. The minimum Gasteiger partial charge on any atom is -0.349 e. The van der Waals surface area contributed by atoms with Gasteiger partial charge in [0.1, 0.15) is 11.6 Å². The molecule has 124 valence electrons. The Labute approximate surface area is 136 Å². The van der Waals surface area contributed by atoms with Crippen molar-refractivity contribution in [2.24, 2.45) is 11.7 Å². The molecule has 0 bridgehead atoms. The summed E-state index contributed by atoms with van der Waals surface area (Å²) in [4.78, 5) is 26.7. The Balaban J connectivity index is 2.08. The van der Waals surface area contributed by atoms with Crippen LogP contribution in [-0.2, 0) is 11.2 Å². The van der Waals surface area contributed by atoms with E-state index in [0.29, 0.717) is 36.6 Å². The van der Waals surface area contributed by atoms with Crippen molar-refractivity contribution in [3.63, 3.8) is 0 Å². The Hall–Kier alpha value is -2.13. The lowest BCUT2D eigenvalue weighted by Crippen LogP contribution is -2.53. The van der Waals surface area contributed by atoms with Gasteiger partial charge in [-0.15, -0.1) is 0 Å². The molecule has 0 saturated heterocycles. The van der Waals surface area contributed by atoms with Crippen molar-refractivity contribution in [1.29, 1.82) is 5.26 Å². The summed E-state index contributed by atoms with van der Waals surface area (Å²) in [7, 11) is 0. The van der Waals surface area contributed by atoms with Gasteiger partial charge in [-0.25, -0.2) is 0 Å². The van der Waals surface area contributed by atoms with Gasteiger partial charge in [-0.3, -0.25) is 9.59 Å². The predicted molar refractivity (Wildman–Crippen MR) is 87.9 cm³/mol. The van der Waals surface area contributed by atoms with Crippen molar-refractivity contribution in [2.45, 2.75) is 52.0 Å². The average Bonchev–Trinajstić information content (AvgIpc) is 3.32. The summed E-state index contributed by atoms with van der Waals surface area (Å²) in [5.41, 5.74) is 7.46. The highest BCUT2D eigenvalue weighted by atomic mass is 16.1. The maximum Gasteiger partial charge on any atom is 0.266 e. The van der Waals surface area contributed by atoms with E-state index in [4.69, 9.17) is 11.0 Å². The monoisotopic (exact) mass is 316 g/mol. The lowest BCUT2D eigenvalue weighted by Gasteiger charge is -2.29. The molecular formula is C17H24N4O2. The maximum absolute atomic E-state index is 12.3. The van der Waals surface area contributed by atoms with E-state index in [9.17, 15) is 9.59 Å². The number of rotatable bonds is 6. The van der Waals surface area contributed by atoms with Crippen molar-refractivity contribution in [2.75, 3.05) is 6.54 Å². The third-order valence-corrected chi connectivity index (χ3v) is 4.85. The fourth-order valence-corrected chi connectivity index (χ4v) is 3.08. The largest absolute Gasteiger partial charge is 0.349 e. The zero-order valence-corrected chi connectivity index (χ0v) is 14.0. The molecule has 1 saturated carbocycles. The van der Waals surface area contributed by atoms with Gasteiger partial charge in [0.05, 0.1) is 5.54 Å². The van der Waals surface area contributed by atoms with Gasteiger partial charge in [0, 0.05) is 18.7 Å². The quantitative estimate of drug-likeness (QED) is 0.728. The number of aryl methyl sites for hydroxylation is 1. The van der Waals surface area contributed by atoms with Crippen LogP contribution in [-0.4, -0.2) is 23.0 Å². The molecule has 0 aromatic carbocycles. The molecule has 0 aliphatic heterocycles. The maximum atomic E-state index is 12.3. The summed E-state index contributed by atoms with van der Waals surface area (Å²) in [6.07, 6.45) is 3.01. The van der Waals surface area contributed by atoms with Crippen LogP contribution >= 0.6 is 0 Å². The van der Waals surface area contributed by atoms with E-state index in [1.807, 2.05) is 13.0 Å². The third kappa shape index (κ3) is 3.62. The number of nitriles is 1. The molecule has 1 aromatic rings. The zero-order valence-electron chi connectivity index (χ0n) is 14.0. The third-order valence-electron chi connectivity index (χ3n) is 4.85. The van der Waals surface area contributed by atoms with Gasteiger partial charge in [0.15, 0.2) is 0 Å². The first-order valence-corrected chi connectivity index (χ1v) is 7.96. The zero-order chi connectivity index (χ0) is 17.2. The average molecular weight is 316 g/mol. The van der Waals surface area contributed by atoms with E-state index in [0.717, 1.165) is 18.4 Å². The van der Waals surface area contributed by atoms with Crippen LogP contribution in [0.15, 0.2) is 4.79 Å². The number of aromatic amines is 1. The molecule has 0 radical (unpaired) electrons. The molecule has 1 amide bonds. The van der Waals surface area contributed by atoms with E-state index in [-0.39, 0.29) is 22.6 Å². The Morgan fingerprint density at radius 1 is 1.48 bits per heavy atom. The Bertz CT molecular complexity index is 713. The molecule has 2 rings (SSSR count). The summed E-state index contributed by atoms with van der Waals surface area (Å²) in [5, 5.41) is 12.1. The highest BCUT2D eigenvalue weighted by Crippen LogP contribution is 2.39. The number of carbonyl (C=O) groups excluding carboxylic acids is 1. The highest BCUT2D eigenvalue weighted by molar-refractivity contribution is 5.77. The number of hydrogen-bond donors (Lipinski definition) is 3. The molecule has 4 N–H and O–H groups in total. The van der Waals surface area contributed by atoms with Crippen molar-refractivity contribution < 1.29 is 4.79 Å². The van der Waals surface area contributed by atoms with E-state index >= 15 is 0 Å². The van der Waals surface area contributed by atoms with Crippen molar-refractivity contribution in [3.8, 4) is 6.07 Å². The first-order chi connectivity index (χ1) is 10.8. The number of hydrogen-bond acceptors (Lipinski definition) is 4. The molecule has 6 nitrogen and oxygen atoms in total. The van der Waals surface area contributed by atoms with Crippen LogP contribution in [0, 0.1) is 31.1 Å². The summed E-state index contributed by atoms with van der Waals surface area (Å²) >= 11 is 0. The van der Waals surface area contributed by atoms with Gasteiger partial charge >= 0.3 is 0 Å².